The van der Waals surface area contributed by atoms with Crippen molar-refractivity contribution in [2.45, 2.75) is 34.1 Å². The molecule has 1 aromatic carbocycles. The largest absolute Gasteiger partial charge is 0.496 e. The van der Waals surface area contributed by atoms with E-state index in [0.717, 1.165) is 12.2 Å². The third-order valence-electron chi connectivity index (χ3n) is 3.28. The molecule has 0 spiro atoms. The predicted molar refractivity (Wildman–Crippen MR) is 79.0 cm³/mol. The van der Waals surface area contributed by atoms with Gasteiger partial charge in [-0.05, 0) is 61.6 Å². The normalized spacial score (nSPS) is 12.1. The number of nitrogens with two attached hydrogens (primary N) is 1. The highest BCUT2D eigenvalue weighted by molar-refractivity contribution is 5.73. The van der Waals surface area contributed by atoms with Gasteiger partial charge in [-0.3, -0.25) is 0 Å². The summed E-state index contributed by atoms with van der Waals surface area (Å²) in [6.07, 6.45) is 3.14. The van der Waals surface area contributed by atoms with Crippen LogP contribution in [-0.2, 0) is 0 Å². The molecule has 0 heterocycles. The third kappa shape index (κ3) is 3.36. The van der Waals surface area contributed by atoms with Crippen LogP contribution in [0.4, 0.5) is 0 Å². The summed E-state index contributed by atoms with van der Waals surface area (Å²) in [7, 11) is 1.73. The molecule has 0 aliphatic heterocycles. The predicted octanol–water partition coefficient (Wildman–Crippen LogP) is 3.70. The number of benzene rings is 1. The molecular weight excluding hydrogens is 222 g/mol. The first-order valence-electron chi connectivity index (χ1n) is 6.57. The first kappa shape index (κ1) is 14.8. The Morgan fingerprint density at radius 3 is 2.39 bits per heavy atom. The maximum absolute atomic E-state index is 5.60. The fourth-order valence-corrected chi connectivity index (χ4v) is 2.08. The lowest BCUT2D eigenvalue weighted by molar-refractivity contribution is 0.412. The van der Waals surface area contributed by atoms with Crippen LogP contribution in [0.15, 0.2) is 18.2 Å². The van der Waals surface area contributed by atoms with Gasteiger partial charge in [0.15, 0.2) is 0 Å². The molecule has 0 saturated carbocycles. The Labute approximate surface area is 111 Å². The number of methoxy groups -OCH3 is 1. The second-order valence-electron chi connectivity index (χ2n) is 5.03. The topological polar surface area (TPSA) is 35.2 Å². The van der Waals surface area contributed by atoms with E-state index >= 15 is 0 Å². The van der Waals surface area contributed by atoms with Crippen LogP contribution in [0, 0.1) is 19.8 Å². The van der Waals surface area contributed by atoms with Crippen LogP contribution in [0.1, 0.15) is 37.0 Å². The average molecular weight is 247 g/mol. The minimum Gasteiger partial charge on any atom is -0.496 e. The maximum atomic E-state index is 5.60. The van der Waals surface area contributed by atoms with Crippen molar-refractivity contribution in [1.82, 2.24) is 0 Å². The van der Waals surface area contributed by atoms with Gasteiger partial charge in [0.25, 0.3) is 0 Å². The number of rotatable bonds is 5. The van der Waals surface area contributed by atoms with Crippen molar-refractivity contribution in [2.24, 2.45) is 11.7 Å². The van der Waals surface area contributed by atoms with Crippen molar-refractivity contribution >= 4 is 5.57 Å². The van der Waals surface area contributed by atoms with Crippen LogP contribution in [-0.4, -0.2) is 13.7 Å². The lowest BCUT2D eigenvalue weighted by Crippen LogP contribution is -2.02. The molecule has 2 heteroatoms. The fraction of sp³-hybridized carbons (Fsp3) is 0.500. The zero-order valence-corrected chi connectivity index (χ0v) is 12.2. The van der Waals surface area contributed by atoms with E-state index in [0.29, 0.717) is 12.5 Å². The van der Waals surface area contributed by atoms with E-state index in [9.17, 15) is 0 Å². The monoisotopic (exact) mass is 247 g/mol. The van der Waals surface area contributed by atoms with Crippen LogP contribution in [0.5, 0.6) is 5.75 Å². The number of ether oxygens (including phenoxy) is 1. The zero-order chi connectivity index (χ0) is 13.7. The molecule has 0 amide bonds. The minimum absolute atomic E-state index is 0.465. The summed E-state index contributed by atoms with van der Waals surface area (Å²) >= 11 is 0. The molecular formula is C16H25NO. The molecule has 2 nitrogen and oxygen atoms in total. The molecule has 0 radical (unpaired) electrons. The van der Waals surface area contributed by atoms with E-state index < -0.39 is 0 Å². The second kappa shape index (κ2) is 6.60. The molecule has 1 rings (SSSR count). The zero-order valence-electron chi connectivity index (χ0n) is 12.2. The summed E-state index contributed by atoms with van der Waals surface area (Å²) < 4.78 is 5.52. The molecule has 100 valence electrons. The standard InChI is InChI=1S/C16H25NO/c1-11(2)14(7-6-8-17)15-9-12(3)13(4)10-16(15)18-5/h7,9-11H,6,8,17H2,1-5H3/b14-7+. The van der Waals surface area contributed by atoms with E-state index in [4.69, 9.17) is 10.5 Å². The smallest absolute Gasteiger partial charge is 0.126 e. The molecule has 0 aliphatic rings. The second-order valence-corrected chi connectivity index (χ2v) is 5.03. The highest BCUT2D eigenvalue weighted by atomic mass is 16.5. The summed E-state index contributed by atoms with van der Waals surface area (Å²) in [5, 5.41) is 0. The molecule has 0 aliphatic carbocycles. The average Bonchev–Trinajstić information content (AvgIpc) is 2.33. The Morgan fingerprint density at radius 2 is 1.89 bits per heavy atom. The van der Waals surface area contributed by atoms with Gasteiger partial charge >= 0.3 is 0 Å². The van der Waals surface area contributed by atoms with Crippen molar-refractivity contribution < 1.29 is 4.74 Å². The summed E-state index contributed by atoms with van der Waals surface area (Å²) in [6.45, 7) is 9.34. The third-order valence-corrected chi connectivity index (χ3v) is 3.28. The highest BCUT2D eigenvalue weighted by Gasteiger charge is 2.13. The molecule has 0 unspecified atom stereocenters. The van der Waals surface area contributed by atoms with Gasteiger partial charge in [-0.1, -0.05) is 19.9 Å². The quantitative estimate of drug-likeness (QED) is 0.861. The van der Waals surface area contributed by atoms with Gasteiger partial charge in [0, 0.05) is 5.56 Å². The van der Waals surface area contributed by atoms with Crippen molar-refractivity contribution in [1.29, 1.82) is 0 Å². The minimum atomic E-state index is 0.465. The number of hydrogen-bond acceptors (Lipinski definition) is 2. The number of hydrogen-bond donors (Lipinski definition) is 1. The summed E-state index contributed by atoms with van der Waals surface area (Å²) in [6, 6.07) is 4.33. The number of allylic oxidation sites excluding steroid dienone is 1. The molecule has 18 heavy (non-hydrogen) atoms. The maximum Gasteiger partial charge on any atom is 0.126 e. The van der Waals surface area contributed by atoms with Crippen LogP contribution >= 0.6 is 0 Å². The van der Waals surface area contributed by atoms with Crippen molar-refractivity contribution in [3.8, 4) is 5.75 Å². The van der Waals surface area contributed by atoms with Gasteiger partial charge < -0.3 is 10.5 Å². The van der Waals surface area contributed by atoms with Crippen molar-refractivity contribution in [3.05, 3.63) is 34.9 Å². The van der Waals surface area contributed by atoms with Gasteiger partial charge in [0.1, 0.15) is 5.75 Å². The van der Waals surface area contributed by atoms with Crippen molar-refractivity contribution in [2.75, 3.05) is 13.7 Å². The van der Waals surface area contributed by atoms with Crippen LogP contribution < -0.4 is 10.5 Å². The van der Waals surface area contributed by atoms with E-state index in [1.165, 1.54) is 22.3 Å². The molecule has 2 N–H and O–H groups in total. The van der Waals surface area contributed by atoms with Crippen LogP contribution in [0.2, 0.25) is 0 Å². The Bertz CT molecular complexity index is 433. The lowest BCUT2D eigenvalue weighted by atomic mass is 9.91. The van der Waals surface area contributed by atoms with Crippen LogP contribution in [0.25, 0.3) is 5.57 Å². The molecule has 0 fully saturated rings. The lowest BCUT2D eigenvalue weighted by Gasteiger charge is -2.17. The van der Waals surface area contributed by atoms with E-state index in [1.807, 2.05) is 0 Å². The summed E-state index contributed by atoms with van der Waals surface area (Å²) in [5.74, 6) is 1.42. The molecule has 0 atom stereocenters. The molecule has 0 aromatic heterocycles. The Morgan fingerprint density at radius 1 is 1.28 bits per heavy atom. The van der Waals surface area contributed by atoms with Crippen molar-refractivity contribution in [3.63, 3.8) is 0 Å². The van der Waals surface area contributed by atoms with Crippen LogP contribution in [0.3, 0.4) is 0 Å². The fourth-order valence-electron chi connectivity index (χ4n) is 2.08. The molecule has 0 bridgehead atoms. The first-order valence-corrected chi connectivity index (χ1v) is 6.57. The van der Waals surface area contributed by atoms with Gasteiger partial charge in [0.2, 0.25) is 0 Å². The SMILES string of the molecule is COc1cc(C)c(C)cc1/C(=C/CCN)C(C)C. The molecule has 1 aromatic rings. The Balaban J connectivity index is 3.31. The summed E-state index contributed by atoms with van der Waals surface area (Å²) in [5.41, 5.74) is 10.7. The highest BCUT2D eigenvalue weighted by Crippen LogP contribution is 2.33. The Hall–Kier alpha value is -1.28. The van der Waals surface area contributed by atoms with E-state index in [1.54, 1.807) is 7.11 Å². The van der Waals surface area contributed by atoms with Gasteiger partial charge in [-0.2, -0.15) is 0 Å². The molecule has 0 saturated heterocycles. The Kier molecular flexibility index (Phi) is 5.42. The van der Waals surface area contributed by atoms with Gasteiger partial charge in [-0.15, -0.1) is 0 Å². The first-order chi connectivity index (χ1) is 8.51. The van der Waals surface area contributed by atoms with E-state index in [-0.39, 0.29) is 0 Å². The number of aryl methyl sites for hydroxylation is 2. The van der Waals surface area contributed by atoms with Gasteiger partial charge in [-0.25, -0.2) is 0 Å². The van der Waals surface area contributed by atoms with Gasteiger partial charge in [0.05, 0.1) is 7.11 Å². The van der Waals surface area contributed by atoms with E-state index in [2.05, 4.69) is 45.9 Å². The summed E-state index contributed by atoms with van der Waals surface area (Å²) in [4.78, 5) is 0.